The number of nitrogens with zero attached hydrogens (tertiary/aromatic N) is 5. The summed E-state index contributed by atoms with van der Waals surface area (Å²) in [6.45, 7) is 3.34. The Morgan fingerprint density at radius 3 is 3.04 bits per heavy atom. The molecule has 1 aliphatic rings. The highest BCUT2D eigenvalue weighted by Gasteiger charge is 2.25. The van der Waals surface area contributed by atoms with E-state index in [1.165, 1.54) is 0 Å². The van der Waals surface area contributed by atoms with E-state index in [9.17, 15) is 10.1 Å². The summed E-state index contributed by atoms with van der Waals surface area (Å²) in [7, 11) is 0. The van der Waals surface area contributed by atoms with Gasteiger partial charge in [0.1, 0.15) is 5.82 Å². The minimum absolute atomic E-state index is 0.0139. The molecule has 1 N–H and O–H groups in total. The van der Waals surface area contributed by atoms with E-state index in [4.69, 9.17) is 4.98 Å². The van der Waals surface area contributed by atoms with Crippen LogP contribution in [0.3, 0.4) is 0 Å². The molecule has 3 aromatic heterocycles. The van der Waals surface area contributed by atoms with E-state index in [-0.39, 0.29) is 11.9 Å². The first kappa shape index (κ1) is 17.2. The second-order valence-corrected chi connectivity index (χ2v) is 6.69. The number of fused-ring (bicyclic) bond motifs is 1. The summed E-state index contributed by atoms with van der Waals surface area (Å²) in [6.07, 6.45) is 5.50. The summed E-state index contributed by atoms with van der Waals surface area (Å²) >= 11 is 0. The minimum atomic E-state index is -0.0139. The Labute approximate surface area is 157 Å². The number of nitrogens with one attached hydrogen (secondary N) is 1. The fraction of sp³-hybridized carbons (Fsp3) is 0.300. The van der Waals surface area contributed by atoms with Gasteiger partial charge in [0.15, 0.2) is 0 Å². The van der Waals surface area contributed by atoms with E-state index in [2.05, 4.69) is 16.5 Å². The average molecular weight is 360 g/mol. The molecule has 4 heterocycles. The first-order valence-corrected chi connectivity index (χ1v) is 9.03. The topological polar surface area (TPSA) is 86.3 Å². The molecular weight excluding hydrogens is 340 g/mol. The molecule has 1 fully saturated rings. The number of pyridine rings is 2. The van der Waals surface area contributed by atoms with Gasteiger partial charge in [0, 0.05) is 25.2 Å². The Morgan fingerprint density at radius 2 is 2.30 bits per heavy atom. The Morgan fingerprint density at radius 1 is 1.41 bits per heavy atom. The number of hydrogen-bond acceptors (Lipinski definition) is 5. The smallest absolute Gasteiger partial charge is 0.225 e. The van der Waals surface area contributed by atoms with Crippen molar-refractivity contribution in [2.24, 2.45) is 0 Å². The normalized spacial score (nSPS) is 16.8. The number of carbonyl (C=O) groups excluding carboxylic acids is 1. The molecule has 3 aromatic rings. The standard InChI is InChI=1S/C20H20N6O/c1-14(27)26(16-4-3-8-22-12-16)20-6-2-5-18(24-20)17-13-23-25-9-7-15(11-21)10-19(17)25/h2,5-7,9-10,13,16,22H,3-4,8,12H2,1H3. The fourth-order valence-corrected chi connectivity index (χ4v) is 3.61. The van der Waals surface area contributed by atoms with Crippen LogP contribution in [0.25, 0.3) is 16.8 Å². The van der Waals surface area contributed by atoms with Crippen LogP contribution in [0.15, 0.2) is 42.7 Å². The molecule has 1 saturated heterocycles. The molecule has 0 radical (unpaired) electrons. The molecule has 0 aliphatic carbocycles. The van der Waals surface area contributed by atoms with Crippen molar-refractivity contribution in [3.05, 3.63) is 48.3 Å². The summed E-state index contributed by atoms with van der Waals surface area (Å²) in [5, 5.41) is 16.9. The number of hydrogen-bond donors (Lipinski definition) is 1. The first-order valence-electron chi connectivity index (χ1n) is 9.03. The fourth-order valence-electron chi connectivity index (χ4n) is 3.61. The van der Waals surface area contributed by atoms with Crippen LogP contribution < -0.4 is 10.2 Å². The molecule has 1 aliphatic heterocycles. The zero-order chi connectivity index (χ0) is 18.8. The molecule has 4 rings (SSSR count). The van der Waals surface area contributed by atoms with Gasteiger partial charge in [0.2, 0.25) is 5.91 Å². The minimum Gasteiger partial charge on any atom is -0.315 e. The first-order chi connectivity index (χ1) is 13.2. The van der Waals surface area contributed by atoms with E-state index in [1.54, 1.807) is 40.9 Å². The van der Waals surface area contributed by atoms with Gasteiger partial charge in [-0.05, 0) is 43.7 Å². The molecule has 0 bridgehead atoms. The van der Waals surface area contributed by atoms with Crippen LogP contribution in [0.1, 0.15) is 25.3 Å². The van der Waals surface area contributed by atoms with Crippen molar-refractivity contribution in [3.8, 4) is 17.3 Å². The number of aromatic nitrogens is 3. The van der Waals surface area contributed by atoms with Gasteiger partial charge in [0.05, 0.1) is 35.1 Å². The third kappa shape index (κ3) is 3.27. The van der Waals surface area contributed by atoms with Gasteiger partial charge in [-0.2, -0.15) is 10.4 Å². The maximum absolute atomic E-state index is 12.3. The third-order valence-corrected chi connectivity index (χ3v) is 4.88. The molecule has 0 saturated carbocycles. The van der Waals surface area contributed by atoms with Crippen molar-refractivity contribution in [2.75, 3.05) is 18.0 Å². The van der Waals surface area contributed by atoms with Crippen molar-refractivity contribution in [2.45, 2.75) is 25.8 Å². The lowest BCUT2D eigenvalue weighted by Crippen LogP contribution is -2.48. The zero-order valence-electron chi connectivity index (χ0n) is 15.1. The number of amides is 1. The van der Waals surface area contributed by atoms with Crippen LogP contribution in [-0.2, 0) is 4.79 Å². The third-order valence-electron chi connectivity index (χ3n) is 4.88. The molecule has 7 nitrogen and oxygen atoms in total. The van der Waals surface area contributed by atoms with Gasteiger partial charge < -0.3 is 5.32 Å². The van der Waals surface area contributed by atoms with Gasteiger partial charge in [-0.3, -0.25) is 9.69 Å². The average Bonchev–Trinajstić information content (AvgIpc) is 3.12. The number of anilines is 1. The van der Waals surface area contributed by atoms with E-state index >= 15 is 0 Å². The highest BCUT2D eigenvalue weighted by Crippen LogP contribution is 2.27. The van der Waals surface area contributed by atoms with Crippen molar-refractivity contribution in [1.82, 2.24) is 19.9 Å². The van der Waals surface area contributed by atoms with Crippen LogP contribution in [0.5, 0.6) is 0 Å². The summed E-state index contributed by atoms with van der Waals surface area (Å²) < 4.78 is 1.72. The van der Waals surface area contributed by atoms with Crippen LogP contribution in [-0.4, -0.2) is 39.6 Å². The number of piperidine rings is 1. The summed E-state index contributed by atoms with van der Waals surface area (Å²) in [6, 6.07) is 11.4. The summed E-state index contributed by atoms with van der Waals surface area (Å²) in [5.41, 5.74) is 2.94. The van der Waals surface area contributed by atoms with Gasteiger partial charge in [-0.25, -0.2) is 9.50 Å². The Bertz CT molecular complexity index is 1030. The number of nitriles is 1. The molecule has 1 amide bonds. The maximum atomic E-state index is 12.3. The second kappa shape index (κ2) is 7.17. The SMILES string of the molecule is CC(=O)N(c1cccc(-c2cnn3ccc(C#N)cc23)n1)C1CCCNC1. The van der Waals surface area contributed by atoms with Crippen molar-refractivity contribution >= 4 is 17.2 Å². The molecular formula is C20H20N6O. The van der Waals surface area contributed by atoms with E-state index in [0.717, 1.165) is 42.7 Å². The lowest BCUT2D eigenvalue weighted by Gasteiger charge is -2.33. The Kier molecular flexibility index (Phi) is 4.57. The van der Waals surface area contributed by atoms with E-state index < -0.39 is 0 Å². The van der Waals surface area contributed by atoms with Crippen molar-refractivity contribution < 1.29 is 4.79 Å². The molecule has 136 valence electrons. The molecule has 1 unspecified atom stereocenters. The highest BCUT2D eigenvalue weighted by atomic mass is 16.2. The predicted octanol–water partition coefficient (Wildman–Crippen LogP) is 2.37. The Balaban J connectivity index is 1.76. The molecule has 7 heteroatoms. The summed E-state index contributed by atoms with van der Waals surface area (Å²) in [4.78, 5) is 18.9. The van der Waals surface area contributed by atoms with Crippen LogP contribution in [0, 0.1) is 11.3 Å². The quantitative estimate of drug-likeness (QED) is 0.775. The molecule has 1 atom stereocenters. The largest absolute Gasteiger partial charge is 0.315 e. The zero-order valence-corrected chi connectivity index (χ0v) is 15.1. The maximum Gasteiger partial charge on any atom is 0.225 e. The van der Waals surface area contributed by atoms with E-state index in [1.807, 2.05) is 18.2 Å². The molecule has 27 heavy (non-hydrogen) atoms. The van der Waals surface area contributed by atoms with Crippen LogP contribution >= 0.6 is 0 Å². The lowest BCUT2D eigenvalue weighted by atomic mass is 10.1. The second-order valence-electron chi connectivity index (χ2n) is 6.69. The monoisotopic (exact) mass is 360 g/mol. The summed E-state index contributed by atoms with van der Waals surface area (Å²) in [5.74, 6) is 0.629. The number of rotatable bonds is 3. The predicted molar refractivity (Wildman–Crippen MR) is 102 cm³/mol. The van der Waals surface area contributed by atoms with E-state index in [0.29, 0.717) is 11.4 Å². The van der Waals surface area contributed by atoms with Crippen LogP contribution in [0.2, 0.25) is 0 Å². The lowest BCUT2D eigenvalue weighted by molar-refractivity contribution is -0.117. The highest BCUT2D eigenvalue weighted by molar-refractivity contribution is 5.91. The Hall–Kier alpha value is -3.24. The van der Waals surface area contributed by atoms with Gasteiger partial charge in [-0.15, -0.1) is 0 Å². The number of carbonyl (C=O) groups is 1. The van der Waals surface area contributed by atoms with Crippen molar-refractivity contribution in [3.63, 3.8) is 0 Å². The van der Waals surface area contributed by atoms with Gasteiger partial charge in [0.25, 0.3) is 0 Å². The van der Waals surface area contributed by atoms with Gasteiger partial charge >= 0.3 is 0 Å². The molecule has 0 aromatic carbocycles. The van der Waals surface area contributed by atoms with Crippen molar-refractivity contribution in [1.29, 1.82) is 5.26 Å². The van der Waals surface area contributed by atoms with Crippen LogP contribution in [0.4, 0.5) is 5.82 Å². The van der Waals surface area contributed by atoms with Gasteiger partial charge in [-0.1, -0.05) is 6.07 Å². The molecule has 0 spiro atoms.